The lowest BCUT2D eigenvalue weighted by molar-refractivity contribution is 0.0822. The van der Waals surface area contributed by atoms with Crippen LogP contribution >= 0.6 is 11.6 Å². The summed E-state index contributed by atoms with van der Waals surface area (Å²) >= 11 is 6.01. The molecule has 5 heteroatoms. The van der Waals surface area contributed by atoms with Gasteiger partial charge >= 0.3 is 0 Å². The van der Waals surface area contributed by atoms with Crippen molar-refractivity contribution in [1.29, 1.82) is 0 Å². The third-order valence-electron chi connectivity index (χ3n) is 3.12. The van der Waals surface area contributed by atoms with E-state index in [2.05, 4.69) is 10.3 Å². The molecule has 21 heavy (non-hydrogen) atoms. The molecule has 1 aromatic carbocycles. The summed E-state index contributed by atoms with van der Waals surface area (Å²) in [7, 11) is 3.41. The van der Waals surface area contributed by atoms with E-state index >= 15 is 0 Å². The molecule has 0 fully saturated rings. The standard InChI is InChI=1S/C16H18ClN3O/c1-11(12-5-4-6-13(17)9-12)19-14-7-8-18-15(10-14)16(21)20(2)3/h4-11H,1-3H3,(H,18,19). The predicted octanol–water partition coefficient (Wildman–Crippen LogP) is 3.61. The van der Waals surface area contributed by atoms with Crippen LogP contribution in [0.4, 0.5) is 5.69 Å². The number of nitrogens with one attached hydrogen (secondary N) is 1. The van der Waals surface area contributed by atoms with Crippen LogP contribution in [0.3, 0.4) is 0 Å². The van der Waals surface area contributed by atoms with Crippen molar-refractivity contribution in [3.8, 4) is 0 Å². The van der Waals surface area contributed by atoms with Crippen molar-refractivity contribution in [2.75, 3.05) is 19.4 Å². The maximum Gasteiger partial charge on any atom is 0.272 e. The molecule has 0 aliphatic heterocycles. The van der Waals surface area contributed by atoms with Crippen molar-refractivity contribution in [3.63, 3.8) is 0 Å². The first-order chi connectivity index (χ1) is 9.97. The lowest BCUT2D eigenvalue weighted by Crippen LogP contribution is -2.22. The Bertz CT molecular complexity index is 643. The zero-order valence-corrected chi connectivity index (χ0v) is 13.1. The van der Waals surface area contributed by atoms with Crippen molar-refractivity contribution >= 4 is 23.2 Å². The second-order valence-corrected chi connectivity index (χ2v) is 5.49. The van der Waals surface area contributed by atoms with Gasteiger partial charge in [0.05, 0.1) is 0 Å². The van der Waals surface area contributed by atoms with Crippen LogP contribution in [0.1, 0.15) is 29.0 Å². The van der Waals surface area contributed by atoms with Gasteiger partial charge < -0.3 is 10.2 Å². The minimum atomic E-state index is -0.117. The Morgan fingerprint density at radius 3 is 2.71 bits per heavy atom. The molecular formula is C16H18ClN3O. The highest BCUT2D eigenvalue weighted by molar-refractivity contribution is 6.30. The van der Waals surface area contributed by atoms with Crippen LogP contribution < -0.4 is 5.32 Å². The summed E-state index contributed by atoms with van der Waals surface area (Å²) < 4.78 is 0. The van der Waals surface area contributed by atoms with Crippen LogP contribution in [0.25, 0.3) is 0 Å². The number of halogens is 1. The molecule has 1 heterocycles. The van der Waals surface area contributed by atoms with E-state index in [1.807, 2.05) is 37.3 Å². The average Bonchev–Trinajstić information content (AvgIpc) is 2.46. The van der Waals surface area contributed by atoms with Gasteiger partial charge in [-0.25, -0.2) is 0 Å². The van der Waals surface area contributed by atoms with Gasteiger partial charge in [0.15, 0.2) is 0 Å². The van der Waals surface area contributed by atoms with Crippen LogP contribution in [-0.4, -0.2) is 29.9 Å². The normalized spacial score (nSPS) is 11.8. The predicted molar refractivity (Wildman–Crippen MR) is 85.7 cm³/mol. The molecule has 2 aromatic rings. The second-order valence-electron chi connectivity index (χ2n) is 5.05. The molecule has 0 saturated carbocycles. The fourth-order valence-corrected chi connectivity index (χ4v) is 2.17. The fraction of sp³-hybridized carbons (Fsp3) is 0.250. The average molecular weight is 304 g/mol. The second kappa shape index (κ2) is 6.59. The van der Waals surface area contributed by atoms with Crippen LogP contribution in [0.15, 0.2) is 42.6 Å². The van der Waals surface area contributed by atoms with E-state index in [1.54, 1.807) is 26.4 Å². The quantitative estimate of drug-likeness (QED) is 0.938. The van der Waals surface area contributed by atoms with Crippen LogP contribution in [0.5, 0.6) is 0 Å². The minimum Gasteiger partial charge on any atom is -0.378 e. The first-order valence-corrected chi connectivity index (χ1v) is 7.05. The van der Waals surface area contributed by atoms with E-state index in [1.165, 1.54) is 4.90 Å². The summed E-state index contributed by atoms with van der Waals surface area (Å²) in [5.74, 6) is -0.117. The van der Waals surface area contributed by atoms with E-state index < -0.39 is 0 Å². The van der Waals surface area contributed by atoms with E-state index in [0.29, 0.717) is 10.7 Å². The van der Waals surface area contributed by atoms with Gasteiger partial charge in [0.2, 0.25) is 0 Å². The van der Waals surface area contributed by atoms with E-state index in [9.17, 15) is 4.79 Å². The number of amides is 1. The molecule has 0 bridgehead atoms. The number of aromatic nitrogens is 1. The smallest absolute Gasteiger partial charge is 0.272 e. The minimum absolute atomic E-state index is 0.0772. The number of nitrogens with zero attached hydrogens (tertiary/aromatic N) is 2. The van der Waals surface area contributed by atoms with Crippen molar-refractivity contribution in [1.82, 2.24) is 9.88 Å². The number of carbonyl (C=O) groups excluding carboxylic acids is 1. The summed E-state index contributed by atoms with van der Waals surface area (Å²) in [6.45, 7) is 2.04. The lowest BCUT2D eigenvalue weighted by atomic mass is 10.1. The van der Waals surface area contributed by atoms with Crippen molar-refractivity contribution in [3.05, 3.63) is 58.9 Å². The highest BCUT2D eigenvalue weighted by Gasteiger charge is 2.11. The monoisotopic (exact) mass is 303 g/mol. The summed E-state index contributed by atoms with van der Waals surface area (Å²) in [5, 5.41) is 4.06. The molecule has 1 atom stereocenters. The van der Waals surface area contributed by atoms with E-state index in [0.717, 1.165) is 11.3 Å². The molecule has 4 nitrogen and oxygen atoms in total. The maximum atomic E-state index is 11.9. The summed E-state index contributed by atoms with van der Waals surface area (Å²) in [4.78, 5) is 17.5. The summed E-state index contributed by atoms with van der Waals surface area (Å²) in [6, 6.07) is 11.4. The highest BCUT2D eigenvalue weighted by Crippen LogP contribution is 2.22. The molecule has 1 unspecified atom stereocenters. The van der Waals surface area contributed by atoms with Gasteiger partial charge in [0.1, 0.15) is 5.69 Å². The Kier molecular flexibility index (Phi) is 4.81. The molecule has 110 valence electrons. The molecule has 0 aliphatic carbocycles. The first kappa shape index (κ1) is 15.3. The summed E-state index contributed by atoms with van der Waals surface area (Å²) in [5.41, 5.74) is 2.35. The first-order valence-electron chi connectivity index (χ1n) is 6.67. The lowest BCUT2D eigenvalue weighted by Gasteiger charge is -2.17. The number of anilines is 1. The van der Waals surface area contributed by atoms with Gasteiger partial charge in [0, 0.05) is 37.0 Å². The number of carbonyl (C=O) groups is 1. The van der Waals surface area contributed by atoms with Gasteiger partial charge in [-0.3, -0.25) is 9.78 Å². The zero-order valence-electron chi connectivity index (χ0n) is 12.3. The molecule has 1 N–H and O–H groups in total. The Hall–Kier alpha value is -2.07. The van der Waals surface area contributed by atoms with Crippen LogP contribution in [-0.2, 0) is 0 Å². The third-order valence-corrected chi connectivity index (χ3v) is 3.35. The highest BCUT2D eigenvalue weighted by atomic mass is 35.5. The van der Waals surface area contributed by atoms with Crippen molar-refractivity contribution in [2.24, 2.45) is 0 Å². The topological polar surface area (TPSA) is 45.2 Å². The third kappa shape index (κ3) is 3.95. The molecule has 0 radical (unpaired) electrons. The van der Waals surface area contributed by atoms with Crippen LogP contribution in [0, 0.1) is 0 Å². The Balaban J connectivity index is 2.16. The van der Waals surface area contributed by atoms with Crippen molar-refractivity contribution < 1.29 is 4.79 Å². The number of hydrogen-bond donors (Lipinski definition) is 1. The Labute approximate surface area is 129 Å². The van der Waals surface area contributed by atoms with E-state index in [4.69, 9.17) is 11.6 Å². The van der Waals surface area contributed by atoms with Gasteiger partial charge in [0.25, 0.3) is 5.91 Å². The number of hydrogen-bond acceptors (Lipinski definition) is 3. The van der Waals surface area contributed by atoms with Gasteiger partial charge in [-0.1, -0.05) is 23.7 Å². The van der Waals surface area contributed by atoms with Gasteiger partial charge in [-0.15, -0.1) is 0 Å². The molecular weight excluding hydrogens is 286 g/mol. The molecule has 2 rings (SSSR count). The van der Waals surface area contributed by atoms with Gasteiger partial charge in [-0.2, -0.15) is 0 Å². The fourth-order valence-electron chi connectivity index (χ4n) is 1.98. The van der Waals surface area contributed by atoms with Gasteiger partial charge in [-0.05, 0) is 36.8 Å². The van der Waals surface area contributed by atoms with E-state index in [-0.39, 0.29) is 11.9 Å². The Morgan fingerprint density at radius 1 is 1.29 bits per heavy atom. The van der Waals surface area contributed by atoms with Crippen LogP contribution in [0.2, 0.25) is 5.02 Å². The van der Waals surface area contributed by atoms with Crippen molar-refractivity contribution in [2.45, 2.75) is 13.0 Å². The number of rotatable bonds is 4. The molecule has 0 saturated heterocycles. The molecule has 1 amide bonds. The molecule has 0 aliphatic rings. The number of pyridine rings is 1. The largest absolute Gasteiger partial charge is 0.378 e. The number of benzene rings is 1. The molecule has 0 spiro atoms. The Morgan fingerprint density at radius 2 is 2.05 bits per heavy atom. The SMILES string of the molecule is CC(Nc1ccnc(C(=O)N(C)C)c1)c1cccc(Cl)c1. The molecule has 1 aromatic heterocycles. The maximum absolute atomic E-state index is 11.9. The zero-order chi connectivity index (χ0) is 15.4. The summed E-state index contributed by atoms with van der Waals surface area (Å²) in [6.07, 6.45) is 1.63.